The minimum Gasteiger partial charge on any atom is -0.375 e. The number of rotatable bonds is 8. The van der Waals surface area contributed by atoms with Gasteiger partial charge in [0.05, 0.1) is 12.2 Å². The molecule has 0 bridgehead atoms. The maximum atomic E-state index is 5.90. The van der Waals surface area contributed by atoms with Gasteiger partial charge < -0.3 is 4.74 Å². The zero-order chi connectivity index (χ0) is 13.5. The molecule has 1 heterocycles. The number of hydrazine groups is 1. The number of nitrogens with one attached hydrogen (secondary N) is 1. The second kappa shape index (κ2) is 7.93. The van der Waals surface area contributed by atoms with Crippen molar-refractivity contribution in [1.82, 2.24) is 5.43 Å². The maximum Gasteiger partial charge on any atom is 0.0597 e. The summed E-state index contributed by atoms with van der Waals surface area (Å²) >= 11 is 0. The summed E-state index contributed by atoms with van der Waals surface area (Å²) in [7, 11) is 0. The Balaban J connectivity index is 2.38. The van der Waals surface area contributed by atoms with Crippen LogP contribution in [0.15, 0.2) is 12.7 Å². The molecule has 18 heavy (non-hydrogen) atoms. The fourth-order valence-electron chi connectivity index (χ4n) is 3.20. The summed E-state index contributed by atoms with van der Waals surface area (Å²) in [6.45, 7) is 10.4. The average molecular weight is 254 g/mol. The number of unbranched alkanes of at least 4 members (excludes halogenated alkanes) is 3. The van der Waals surface area contributed by atoms with Gasteiger partial charge in [-0.15, -0.1) is 6.58 Å². The van der Waals surface area contributed by atoms with Gasteiger partial charge in [-0.1, -0.05) is 25.8 Å². The van der Waals surface area contributed by atoms with Crippen LogP contribution in [0.25, 0.3) is 0 Å². The van der Waals surface area contributed by atoms with E-state index in [4.69, 9.17) is 10.6 Å². The lowest BCUT2D eigenvalue weighted by atomic mass is 9.81. The highest BCUT2D eigenvalue weighted by Gasteiger charge is 2.40. The van der Waals surface area contributed by atoms with Crippen LogP contribution in [-0.4, -0.2) is 18.2 Å². The molecule has 0 amide bonds. The molecule has 3 heteroatoms. The lowest BCUT2D eigenvalue weighted by Crippen LogP contribution is -2.45. The van der Waals surface area contributed by atoms with Crippen molar-refractivity contribution in [2.24, 2.45) is 17.7 Å². The van der Waals surface area contributed by atoms with Gasteiger partial charge in [0.1, 0.15) is 0 Å². The summed E-state index contributed by atoms with van der Waals surface area (Å²) in [5, 5.41) is 0. The third-order valence-corrected chi connectivity index (χ3v) is 4.42. The molecule has 0 radical (unpaired) electrons. The van der Waals surface area contributed by atoms with E-state index in [1.54, 1.807) is 0 Å². The quantitative estimate of drug-likeness (QED) is 0.303. The van der Waals surface area contributed by atoms with E-state index >= 15 is 0 Å². The molecule has 0 aromatic rings. The molecule has 1 aliphatic heterocycles. The molecule has 106 valence electrons. The Morgan fingerprint density at radius 2 is 1.94 bits per heavy atom. The fourth-order valence-corrected chi connectivity index (χ4v) is 3.20. The van der Waals surface area contributed by atoms with Gasteiger partial charge in [-0.05, 0) is 39.0 Å². The minimum atomic E-state index is 0.309. The Morgan fingerprint density at radius 3 is 2.44 bits per heavy atom. The van der Waals surface area contributed by atoms with Gasteiger partial charge in [-0.2, -0.15) is 0 Å². The first-order chi connectivity index (χ1) is 8.61. The molecule has 1 saturated heterocycles. The van der Waals surface area contributed by atoms with Crippen LogP contribution < -0.4 is 11.3 Å². The van der Waals surface area contributed by atoms with E-state index in [1.165, 1.54) is 19.3 Å². The Labute approximate surface area is 112 Å². The number of ether oxygens (including phenoxy) is 1. The molecule has 1 fully saturated rings. The summed E-state index contributed by atoms with van der Waals surface area (Å²) in [6, 6.07) is 0.378. The summed E-state index contributed by atoms with van der Waals surface area (Å²) in [6.07, 6.45) is 8.65. The first kappa shape index (κ1) is 15.7. The van der Waals surface area contributed by atoms with Crippen molar-refractivity contribution in [1.29, 1.82) is 0 Å². The van der Waals surface area contributed by atoms with Gasteiger partial charge >= 0.3 is 0 Å². The first-order valence-corrected chi connectivity index (χ1v) is 7.34. The van der Waals surface area contributed by atoms with Crippen molar-refractivity contribution in [2.75, 3.05) is 0 Å². The molecule has 1 rings (SSSR count). The lowest BCUT2D eigenvalue weighted by Gasteiger charge is -2.28. The van der Waals surface area contributed by atoms with Gasteiger partial charge in [0.25, 0.3) is 0 Å². The predicted octanol–water partition coefficient (Wildman–Crippen LogP) is 3.01. The Hall–Kier alpha value is -0.380. The largest absolute Gasteiger partial charge is 0.375 e. The predicted molar refractivity (Wildman–Crippen MR) is 77.1 cm³/mol. The molecule has 5 atom stereocenters. The highest BCUT2D eigenvalue weighted by atomic mass is 16.5. The first-order valence-electron chi connectivity index (χ1n) is 7.34. The Morgan fingerprint density at radius 1 is 1.22 bits per heavy atom. The van der Waals surface area contributed by atoms with E-state index in [-0.39, 0.29) is 0 Å². The van der Waals surface area contributed by atoms with E-state index < -0.39 is 0 Å². The molecule has 0 aromatic heterocycles. The van der Waals surface area contributed by atoms with Crippen LogP contribution in [-0.2, 0) is 4.74 Å². The van der Waals surface area contributed by atoms with Crippen LogP contribution in [0.1, 0.15) is 52.9 Å². The van der Waals surface area contributed by atoms with Crippen molar-refractivity contribution in [3.8, 4) is 0 Å². The summed E-state index contributed by atoms with van der Waals surface area (Å²) in [5.74, 6) is 6.85. The molecule has 0 spiro atoms. The highest BCUT2D eigenvalue weighted by molar-refractivity contribution is 4.90. The summed E-state index contributed by atoms with van der Waals surface area (Å²) < 4.78 is 5.90. The van der Waals surface area contributed by atoms with Crippen molar-refractivity contribution in [2.45, 2.75) is 71.1 Å². The van der Waals surface area contributed by atoms with E-state index in [0.29, 0.717) is 30.1 Å². The number of hydrogen-bond donors (Lipinski definition) is 2. The second-order valence-electron chi connectivity index (χ2n) is 5.68. The standard InChI is InChI=1S/C15H30N2O/c1-5-6-7-8-9-10-14(17-16)15-11(2)12(3)18-13(15)4/h5,11-15,17H,1,6-10,16H2,2-4H3. The van der Waals surface area contributed by atoms with Crippen LogP contribution in [0.4, 0.5) is 0 Å². The Kier molecular flexibility index (Phi) is 6.90. The maximum absolute atomic E-state index is 5.90. The summed E-state index contributed by atoms with van der Waals surface area (Å²) in [4.78, 5) is 0. The molecule has 0 aromatic carbocycles. The average Bonchev–Trinajstić information content (AvgIpc) is 2.59. The van der Waals surface area contributed by atoms with Gasteiger partial charge in [0, 0.05) is 12.0 Å². The van der Waals surface area contributed by atoms with Gasteiger partial charge in [0.15, 0.2) is 0 Å². The van der Waals surface area contributed by atoms with E-state index in [9.17, 15) is 0 Å². The molecule has 3 nitrogen and oxygen atoms in total. The zero-order valence-electron chi connectivity index (χ0n) is 12.2. The number of hydrogen-bond acceptors (Lipinski definition) is 3. The summed E-state index contributed by atoms with van der Waals surface area (Å²) in [5.41, 5.74) is 3.02. The van der Waals surface area contributed by atoms with Crippen LogP contribution in [0.3, 0.4) is 0 Å². The molecule has 1 aliphatic rings. The van der Waals surface area contributed by atoms with Gasteiger partial charge in [-0.25, -0.2) is 0 Å². The van der Waals surface area contributed by atoms with Crippen LogP contribution >= 0.6 is 0 Å². The Bertz CT molecular complexity index is 245. The zero-order valence-corrected chi connectivity index (χ0v) is 12.2. The molecule has 0 saturated carbocycles. The van der Waals surface area contributed by atoms with Crippen LogP contribution in [0.2, 0.25) is 0 Å². The number of allylic oxidation sites excluding steroid dienone is 1. The van der Waals surface area contributed by atoms with Crippen molar-refractivity contribution < 1.29 is 4.74 Å². The fraction of sp³-hybridized carbons (Fsp3) is 0.867. The lowest BCUT2D eigenvalue weighted by molar-refractivity contribution is 0.0471. The number of nitrogens with two attached hydrogens (primary N) is 1. The highest BCUT2D eigenvalue weighted by Crippen LogP contribution is 2.35. The third-order valence-electron chi connectivity index (χ3n) is 4.42. The van der Waals surface area contributed by atoms with Crippen LogP contribution in [0, 0.1) is 11.8 Å². The van der Waals surface area contributed by atoms with E-state index in [2.05, 4.69) is 32.8 Å². The van der Waals surface area contributed by atoms with Gasteiger partial charge in [0.2, 0.25) is 0 Å². The van der Waals surface area contributed by atoms with E-state index in [1.807, 2.05) is 6.08 Å². The van der Waals surface area contributed by atoms with Crippen LogP contribution in [0.5, 0.6) is 0 Å². The molecule has 3 N–H and O–H groups in total. The molecular formula is C15H30N2O. The molecule has 0 aliphatic carbocycles. The minimum absolute atomic E-state index is 0.309. The van der Waals surface area contributed by atoms with Crippen molar-refractivity contribution in [3.63, 3.8) is 0 Å². The third kappa shape index (κ3) is 4.08. The SMILES string of the molecule is C=CCCCCCC(NN)C1C(C)OC(C)C1C. The van der Waals surface area contributed by atoms with Crippen molar-refractivity contribution in [3.05, 3.63) is 12.7 Å². The normalized spacial score (nSPS) is 33.6. The second-order valence-corrected chi connectivity index (χ2v) is 5.68. The van der Waals surface area contributed by atoms with E-state index in [0.717, 1.165) is 12.8 Å². The van der Waals surface area contributed by atoms with Crippen molar-refractivity contribution >= 4 is 0 Å². The topological polar surface area (TPSA) is 47.3 Å². The smallest absolute Gasteiger partial charge is 0.0597 e. The molecular weight excluding hydrogens is 224 g/mol. The van der Waals surface area contributed by atoms with Gasteiger partial charge in [-0.3, -0.25) is 11.3 Å². The molecule has 5 unspecified atom stereocenters. The monoisotopic (exact) mass is 254 g/mol.